The largest absolute Gasteiger partial charge is 0.481 e. The first-order valence-electron chi connectivity index (χ1n) is 5.09. The van der Waals surface area contributed by atoms with Crippen LogP contribution in [0.3, 0.4) is 0 Å². The molecule has 0 radical (unpaired) electrons. The molecule has 0 saturated carbocycles. The first kappa shape index (κ1) is 11.5. The van der Waals surface area contributed by atoms with E-state index < -0.39 is 5.97 Å². The van der Waals surface area contributed by atoms with Crippen LogP contribution in [0.25, 0.3) is 0 Å². The molecule has 3 unspecified atom stereocenters. The number of hydrogen-bond donors (Lipinski definition) is 1. The fraction of sp³-hybridized carbons (Fsp3) is 0.900. The van der Waals surface area contributed by atoms with Gasteiger partial charge in [0.2, 0.25) is 0 Å². The molecule has 1 saturated heterocycles. The van der Waals surface area contributed by atoms with Crippen LogP contribution < -0.4 is 0 Å². The number of hydrogen-bond acceptors (Lipinski definition) is 3. The van der Waals surface area contributed by atoms with E-state index in [1.807, 2.05) is 6.92 Å². The van der Waals surface area contributed by atoms with Gasteiger partial charge in [-0.2, -0.15) is 0 Å². The maximum absolute atomic E-state index is 10.7. The molecule has 1 rings (SSSR count). The summed E-state index contributed by atoms with van der Waals surface area (Å²) < 4.78 is 5.47. The molecule has 0 aromatic carbocycles. The highest BCUT2D eigenvalue weighted by molar-refractivity contribution is 5.69. The van der Waals surface area contributed by atoms with Crippen LogP contribution in [-0.2, 0) is 9.53 Å². The molecule has 0 aromatic heterocycles. The molecular formula is C10H19NO3. The van der Waals surface area contributed by atoms with Gasteiger partial charge in [-0.05, 0) is 13.8 Å². The zero-order chi connectivity index (χ0) is 10.7. The molecule has 0 aromatic rings. The minimum Gasteiger partial charge on any atom is -0.481 e. The number of carboxylic acids is 1. The van der Waals surface area contributed by atoms with Crippen molar-refractivity contribution in [3.8, 4) is 0 Å². The molecule has 0 amide bonds. The Morgan fingerprint density at radius 1 is 1.64 bits per heavy atom. The summed E-state index contributed by atoms with van der Waals surface area (Å²) in [6.45, 7) is 7.98. The molecule has 0 spiro atoms. The van der Waals surface area contributed by atoms with Crippen LogP contribution in [0.15, 0.2) is 0 Å². The number of morpholine rings is 1. The van der Waals surface area contributed by atoms with E-state index in [-0.39, 0.29) is 12.0 Å². The van der Waals surface area contributed by atoms with Crippen LogP contribution in [-0.4, -0.2) is 47.8 Å². The van der Waals surface area contributed by atoms with Crippen molar-refractivity contribution in [2.75, 3.05) is 19.7 Å². The van der Waals surface area contributed by atoms with E-state index in [1.54, 1.807) is 6.92 Å². The summed E-state index contributed by atoms with van der Waals surface area (Å²) in [6, 6.07) is 0.327. The summed E-state index contributed by atoms with van der Waals surface area (Å²) in [5.41, 5.74) is 0. The Kier molecular flexibility index (Phi) is 3.89. The third-order valence-electron chi connectivity index (χ3n) is 2.67. The molecule has 1 heterocycles. The van der Waals surface area contributed by atoms with Crippen molar-refractivity contribution < 1.29 is 14.6 Å². The Morgan fingerprint density at radius 2 is 2.29 bits per heavy atom. The van der Waals surface area contributed by atoms with E-state index in [2.05, 4.69) is 11.8 Å². The van der Waals surface area contributed by atoms with Gasteiger partial charge in [0.15, 0.2) is 0 Å². The maximum Gasteiger partial charge on any atom is 0.307 e. The predicted octanol–water partition coefficient (Wildman–Crippen LogP) is 0.816. The van der Waals surface area contributed by atoms with Gasteiger partial charge in [0.1, 0.15) is 0 Å². The van der Waals surface area contributed by atoms with Crippen molar-refractivity contribution in [1.82, 2.24) is 4.90 Å². The molecule has 14 heavy (non-hydrogen) atoms. The SMILES string of the molecule is CC1CN(CC(C)C(=O)O)C(C)CO1. The monoisotopic (exact) mass is 201 g/mol. The molecule has 3 atom stereocenters. The van der Waals surface area contributed by atoms with Gasteiger partial charge in [-0.1, -0.05) is 6.92 Å². The van der Waals surface area contributed by atoms with Crippen molar-refractivity contribution >= 4 is 5.97 Å². The standard InChI is InChI=1S/C10H19NO3/c1-7(10(12)13)4-11-5-9(3)14-6-8(11)2/h7-9H,4-6H2,1-3H3,(H,12,13). The van der Waals surface area contributed by atoms with Gasteiger partial charge in [0, 0.05) is 19.1 Å². The summed E-state index contributed by atoms with van der Waals surface area (Å²) in [5.74, 6) is -1.03. The Labute approximate surface area is 84.8 Å². The lowest BCUT2D eigenvalue weighted by Gasteiger charge is -2.37. The first-order valence-corrected chi connectivity index (χ1v) is 5.09. The highest BCUT2D eigenvalue weighted by atomic mass is 16.5. The van der Waals surface area contributed by atoms with Crippen LogP contribution in [0.4, 0.5) is 0 Å². The normalized spacial score (nSPS) is 31.4. The lowest BCUT2D eigenvalue weighted by molar-refractivity contribution is -0.143. The average Bonchev–Trinajstić information content (AvgIpc) is 2.11. The second kappa shape index (κ2) is 4.75. The highest BCUT2D eigenvalue weighted by Crippen LogP contribution is 2.13. The Hall–Kier alpha value is -0.610. The third kappa shape index (κ3) is 2.96. The molecule has 1 N–H and O–H groups in total. The lowest BCUT2D eigenvalue weighted by Crippen LogP contribution is -2.49. The zero-order valence-electron chi connectivity index (χ0n) is 9.06. The molecule has 1 fully saturated rings. The number of carbonyl (C=O) groups is 1. The minimum absolute atomic E-state index is 0.215. The number of nitrogens with zero attached hydrogens (tertiary/aromatic N) is 1. The van der Waals surface area contributed by atoms with Gasteiger partial charge in [0.05, 0.1) is 18.6 Å². The van der Waals surface area contributed by atoms with Crippen LogP contribution >= 0.6 is 0 Å². The van der Waals surface area contributed by atoms with Crippen molar-refractivity contribution in [2.45, 2.75) is 32.9 Å². The summed E-state index contributed by atoms with van der Waals surface area (Å²) in [7, 11) is 0. The summed E-state index contributed by atoms with van der Waals surface area (Å²) in [6.07, 6.45) is 0.215. The first-order chi connectivity index (χ1) is 6.50. The van der Waals surface area contributed by atoms with Gasteiger partial charge in [0.25, 0.3) is 0 Å². The van der Waals surface area contributed by atoms with Crippen molar-refractivity contribution in [3.05, 3.63) is 0 Å². The third-order valence-corrected chi connectivity index (χ3v) is 2.67. The van der Waals surface area contributed by atoms with Crippen molar-refractivity contribution in [1.29, 1.82) is 0 Å². The van der Waals surface area contributed by atoms with Crippen LogP contribution in [0, 0.1) is 5.92 Å². The number of rotatable bonds is 3. The number of ether oxygens (including phenoxy) is 1. The molecule has 82 valence electrons. The van der Waals surface area contributed by atoms with E-state index in [0.717, 1.165) is 6.54 Å². The predicted molar refractivity (Wildman–Crippen MR) is 53.2 cm³/mol. The van der Waals surface area contributed by atoms with E-state index in [0.29, 0.717) is 19.2 Å². The quantitative estimate of drug-likeness (QED) is 0.734. The number of carboxylic acid groups (broad SMARTS) is 1. The van der Waals surface area contributed by atoms with Crippen LogP contribution in [0.2, 0.25) is 0 Å². The van der Waals surface area contributed by atoms with E-state index >= 15 is 0 Å². The Balaban J connectivity index is 2.45. The summed E-state index contributed by atoms with van der Waals surface area (Å²) in [4.78, 5) is 12.9. The summed E-state index contributed by atoms with van der Waals surface area (Å²) >= 11 is 0. The fourth-order valence-electron chi connectivity index (χ4n) is 1.66. The fourth-order valence-corrected chi connectivity index (χ4v) is 1.66. The van der Waals surface area contributed by atoms with Gasteiger partial charge in [-0.25, -0.2) is 0 Å². The smallest absolute Gasteiger partial charge is 0.307 e. The molecule has 4 heteroatoms. The Morgan fingerprint density at radius 3 is 2.86 bits per heavy atom. The minimum atomic E-state index is -0.726. The van der Waals surface area contributed by atoms with Crippen LogP contribution in [0.5, 0.6) is 0 Å². The molecule has 0 bridgehead atoms. The Bertz CT molecular complexity index is 208. The van der Waals surface area contributed by atoms with Crippen LogP contribution in [0.1, 0.15) is 20.8 Å². The average molecular weight is 201 g/mol. The van der Waals surface area contributed by atoms with E-state index in [9.17, 15) is 4.79 Å². The van der Waals surface area contributed by atoms with Gasteiger partial charge in [-0.3, -0.25) is 9.69 Å². The van der Waals surface area contributed by atoms with E-state index in [4.69, 9.17) is 9.84 Å². The second-order valence-electron chi connectivity index (χ2n) is 4.19. The van der Waals surface area contributed by atoms with Gasteiger partial charge in [-0.15, -0.1) is 0 Å². The second-order valence-corrected chi connectivity index (χ2v) is 4.19. The topological polar surface area (TPSA) is 49.8 Å². The lowest BCUT2D eigenvalue weighted by atomic mass is 10.1. The molecular weight excluding hydrogens is 182 g/mol. The molecule has 1 aliphatic heterocycles. The molecule has 0 aliphatic carbocycles. The summed E-state index contributed by atoms with van der Waals surface area (Å²) in [5, 5.41) is 8.81. The molecule has 4 nitrogen and oxygen atoms in total. The van der Waals surface area contributed by atoms with Gasteiger partial charge >= 0.3 is 5.97 Å². The van der Waals surface area contributed by atoms with Crippen molar-refractivity contribution in [3.63, 3.8) is 0 Å². The van der Waals surface area contributed by atoms with E-state index in [1.165, 1.54) is 0 Å². The number of aliphatic carboxylic acids is 1. The maximum atomic E-state index is 10.7. The van der Waals surface area contributed by atoms with Gasteiger partial charge < -0.3 is 9.84 Å². The zero-order valence-corrected chi connectivity index (χ0v) is 9.06. The molecule has 1 aliphatic rings. The van der Waals surface area contributed by atoms with Crippen molar-refractivity contribution in [2.24, 2.45) is 5.92 Å². The highest BCUT2D eigenvalue weighted by Gasteiger charge is 2.26.